The second kappa shape index (κ2) is 11.2. The molecule has 0 unspecified atom stereocenters. The predicted molar refractivity (Wildman–Crippen MR) is 149 cm³/mol. The lowest BCUT2D eigenvalue weighted by atomic mass is 10.1. The summed E-state index contributed by atoms with van der Waals surface area (Å²) in [5.41, 5.74) is 1.82. The summed E-state index contributed by atoms with van der Waals surface area (Å²) in [6.45, 7) is 5.43. The lowest BCUT2D eigenvalue weighted by molar-refractivity contribution is -0.122. The Balaban J connectivity index is 1.72. The number of imide groups is 2. The average molecular weight is 634 g/mol. The molecule has 3 aromatic rings. The summed E-state index contributed by atoms with van der Waals surface area (Å²) in [5.74, 6) is -2.01. The third-order valence-electron chi connectivity index (χ3n) is 5.65. The van der Waals surface area contributed by atoms with Gasteiger partial charge in [0.15, 0.2) is 5.75 Å². The minimum absolute atomic E-state index is 0.0207. The first-order valence-electron chi connectivity index (χ1n) is 11.6. The molecule has 0 aromatic heterocycles. The molecule has 1 saturated heterocycles. The molecule has 1 aliphatic rings. The molecule has 0 bridgehead atoms. The van der Waals surface area contributed by atoms with Crippen LogP contribution in [0.25, 0.3) is 6.08 Å². The van der Waals surface area contributed by atoms with E-state index in [0.717, 1.165) is 20.5 Å². The zero-order valence-electron chi connectivity index (χ0n) is 20.9. The van der Waals surface area contributed by atoms with E-state index in [-0.39, 0.29) is 44.8 Å². The van der Waals surface area contributed by atoms with Gasteiger partial charge >= 0.3 is 16.1 Å². The number of hydrogen-bond donors (Lipinski definition) is 1. The number of amides is 4. The second-order valence-corrected chi connectivity index (χ2v) is 11.3. The Morgan fingerprint density at radius 2 is 1.72 bits per heavy atom. The van der Waals surface area contributed by atoms with Crippen molar-refractivity contribution in [2.45, 2.75) is 25.7 Å². The van der Waals surface area contributed by atoms with Gasteiger partial charge in [-0.25, -0.2) is 9.69 Å². The maximum Gasteiger partial charge on any atom is 0.339 e. The molecule has 0 saturated carbocycles. The van der Waals surface area contributed by atoms with Gasteiger partial charge in [0.2, 0.25) is 5.75 Å². The van der Waals surface area contributed by atoms with Crippen LogP contribution in [0.1, 0.15) is 23.6 Å². The molecule has 12 heteroatoms. The molecule has 0 spiro atoms. The number of ether oxygens (including phenoxy) is 1. The maximum atomic E-state index is 13.3. The van der Waals surface area contributed by atoms with Gasteiger partial charge in [0, 0.05) is 4.47 Å². The molecular formula is C27H22BrClN2O7S. The van der Waals surface area contributed by atoms with Gasteiger partial charge in [-0.15, -0.1) is 0 Å². The zero-order chi connectivity index (χ0) is 28.5. The third kappa shape index (κ3) is 6.00. The summed E-state index contributed by atoms with van der Waals surface area (Å²) >= 11 is 9.78. The molecule has 39 heavy (non-hydrogen) atoms. The fourth-order valence-electron chi connectivity index (χ4n) is 3.70. The van der Waals surface area contributed by atoms with Gasteiger partial charge in [0.25, 0.3) is 11.8 Å². The largest absolute Gasteiger partial charge is 0.490 e. The van der Waals surface area contributed by atoms with Crippen LogP contribution in [0.15, 0.2) is 69.5 Å². The van der Waals surface area contributed by atoms with Crippen LogP contribution in [0, 0.1) is 13.8 Å². The Bertz CT molecular complexity index is 1640. The molecule has 1 heterocycles. The van der Waals surface area contributed by atoms with Crippen molar-refractivity contribution in [3.05, 3.63) is 86.4 Å². The molecule has 0 aliphatic carbocycles. The highest BCUT2D eigenvalue weighted by Crippen LogP contribution is 2.39. The van der Waals surface area contributed by atoms with Crippen LogP contribution < -0.4 is 19.1 Å². The minimum atomic E-state index is -4.25. The van der Waals surface area contributed by atoms with E-state index in [1.165, 1.54) is 30.3 Å². The van der Waals surface area contributed by atoms with Crippen molar-refractivity contribution < 1.29 is 31.7 Å². The number of carbonyl (C=O) groups excluding carboxylic acids is 3. The standard InChI is InChI=1S/C27H22BrClN2O7S/c1-4-37-23-14-17(13-22(29)24(23)38-39(35,36)19-8-5-15(2)6-9-19)12-20-25(32)30-27(34)31(26(20)33)18-7-10-21(28)16(3)11-18/h5-14H,4H2,1-3H3,(H,30,32,34)/b20-12-. The van der Waals surface area contributed by atoms with E-state index in [9.17, 15) is 22.8 Å². The highest BCUT2D eigenvalue weighted by Gasteiger charge is 2.37. The molecular weight excluding hydrogens is 612 g/mol. The number of aryl methyl sites for hydroxylation is 2. The predicted octanol–water partition coefficient (Wildman–Crippen LogP) is 5.55. The van der Waals surface area contributed by atoms with Crippen molar-refractivity contribution >= 4 is 67.3 Å². The Morgan fingerprint density at radius 1 is 1.03 bits per heavy atom. The smallest absolute Gasteiger partial charge is 0.339 e. The van der Waals surface area contributed by atoms with Gasteiger partial charge in [-0.1, -0.05) is 45.2 Å². The van der Waals surface area contributed by atoms with E-state index in [2.05, 4.69) is 21.2 Å². The van der Waals surface area contributed by atoms with Crippen molar-refractivity contribution in [2.75, 3.05) is 11.5 Å². The summed E-state index contributed by atoms with van der Waals surface area (Å²) in [5, 5.41) is 2.03. The van der Waals surface area contributed by atoms with Crippen molar-refractivity contribution in [2.24, 2.45) is 0 Å². The van der Waals surface area contributed by atoms with Gasteiger partial charge < -0.3 is 8.92 Å². The molecule has 9 nitrogen and oxygen atoms in total. The molecule has 3 aromatic carbocycles. The van der Waals surface area contributed by atoms with Crippen LogP contribution in [0.3, 0.4) is 0 Å². The molecule has 202 valence electrons. The number of anilines is 1. The normalized spacial score (nSPS) is 14.9. The van der Waals surface area contributed by atoms with Crippen LogP contribution >= 0.6 is 27.5 Å². The number of barbiturate groups is 1. The van der Waals surface area contributed by atoms with Crippen molar-refractivity contribution in [3.8, 4) is 11.5 Å². The minimum Gasteiger partial charge on any atom is -0.490 e. The van der Waals surface area contributed by atoms with Gasteiger partial charge in [-0.2, -0.15) is 8.42 Å². The number of hydrogen-bond acceptors (Lipinski definition) is 7. The average Bonchev–Trinajstić information content (AvgIpc) is 2.86. The van der Waals surface area contributed by atoms with E-state index >= 15 is 0 Å². The van der Waals surface area contributed by atoms with E-state index in [0.29, 0.717) is 0 Å². The van der Waals surface area contributed by atoms with E-state index in [1.54, 1.807) is 44.2 Å². The lowest BCUT2D eigenvalue weighted by Crippen LogP contribution is -2.54. The lowest BCUT2D eigenvalue weighted by Gasteiger charge is -2.26. The Hall–Kier alpha value is -3.67. The van der Waals surface area contributed by atoms with Crippen LogP contribution in [-0.2, 0) is 19.7 Å². The molecule has 0 atom stereocenters. The number of carbonyl (C=O) groups is 3. The van der Waals surface area contributed by atoms with Crippen LogP contribution in [0.4, 0.5) is 10.5 Å². The zero-order valence-corrected chi connectivity index (χ0v) is 24.1. The summed E-state index contributed by atoms with van der Waals surface area (Å²) in [4.78, 5) is 39.2. The van der Waals surface area contributed by atoms with Crippen LogP contribution in [0.2, 0.25) is 5.02 Å². The number of urea groups is 1. The highest BCUT2D eigenvalue weighted by molar-refractivity contribution is 9.10. The maximum absolute atomic E-state index is 13.3. The molecule has 4 rings (SSSR count). The van der Waals surface area contributed by atoms with E-state index < -0.39 is 28.0 Å². The molecule has 1 N–H and O–H groups in total. The monoisotopic (exact) mass is 632 g/mol. The quantitative estimate of drug-likeness (QED) is 0.206. The fraction of sp³-hybridized carbons (Fsp3) is 0.148. The topological polar surface area (TPSA) is 119 Å². The van der Waals surface area contributed by atoms with Crippen LogP contribution in [-0.4, -0.2) is 32.9 Å². The van der Waals surface area contributed by atoms with Gasteiger partial charge in [0.05, 0.1) is 17.3 Å². The van der Waals surface area contributed by atoms with Gasteiger partial charge in [-0.05, 0) is 80.4 Å². The first-order chi connectivity index (χ1) is 18.4. The molecule has 0 radical (unpaired) electrons. The number of halogens is 2. The summed E-state index contributed by atoms with van der Waals surface area (Å²) in [6, 6.07) is 12.8. The number of nitrogens with zero attached hydrogens (tertiary/aromatic N) is 1. The third-order valence-corrected chi connectivity index (χ3v) is 8.05. The van der Waals surface area contributed by atoms with Crippen molar-refractivity contribution in [1.29, 1.82) is 0 Å². The van der Waals surface area contributed by atoms with Gasteiger partial charge in [-0.3, -0.25) is 14.9 Å². The van der Waals surface area contributed by atoms with E-state index in [1.807, 2.05) is 6.92 Å². The van der Waals surface area contributed by atoms with Gasteiger partial charge in [0.1, 0.15) is 10.5 Å². The Morgan fingerprint density at radius 3 is 2.36 bits per heavy atom. The Kier molecular flexibility index (Phi) is 8.15. The first-order valence-corrected chi connectivity index (χ1v) is 14.1. The number of rotatable bonds is 7. The summed E-state index contributed by atoms with van der Waals surface area (Å²) < 4.78 is 37.4. The molecule has 1 aliphatic heterocycles. The number of nitrogens with one attached hydrogen (secondary N) is 1. The molecule has 4 amide bonds. The SMILES string of the molecule is CCOc1cc(/C=C2/C(=O)NC(=O)N(c3ccc(Br)c(C)c3)C2=O)cc(Cl)c1OS(=O)(=O)c1ccc(C)cc1. The van der Waals surface area contributed by atoms with E-state index in [4.69, 9.17) is 20.5 Å². The Labute approximate surface area is 238 Å². The fourth-order valence-corrected chi connectivity index (χ4v) is 5.21. The second-order valence-electron chi connectivity index (χ2n) is 8.50. The molecule has 1 fully saturated rings. The van der Waals surface area contributed by atoms with Crippen molar-refractivity contribution in [1.82, 2.24) is 5.32 Å². The first kappa shape index (κ1) is 28.3. The summed E-state index contributed by atoms with van der Waals surface area (Å²) in [7, 11) is -4.25. The van der Waals surface area contributed by atoms with Crippen LogP contribution in [0.5, 0.6) is 11.5 Å². The number of benzene rings is 3. The van der Waals surface area contributed by atoms with Crippen molar-refractivity contribution in [3.63, 3.8) is 0 Å². The highest BCUT2D eigenvalue weighted by atomic mass is 79.9. The summed E-state index contributed by atoms with van der Waals surface area (Å²) in [6.07, 6.45) is 1.23.